The first-order chi connectivity index (χ1) is 8.69. The Balaban J connectivity index is 1.80. The molecule has 0 radical (unpaired) electrons. The van der Waals surface area contributed by atoms with Crippen LogP contribution in [0.4, 0.5) is 0 Å². The second-order valence-electron chi connectivity index (χ2n) is 5.48. The van der Waals surface area contributed by atoms with Gasteiger partial charge in [0.25, 0.3) is 0 Å². The van der Waals surface area contributed by atoms with Crippen LogP contribution in [0.3, 0.4) is 0 Å². The van der Waals surface area contributed by atoms with Gasteiger partial charge in [0, 0.05) is 25.5 Å². The van der Waals surface area contributed by atoms with Crippen molar-refractivity contribution >= 4 is 0 Å². The van der Waals surface area contributed by atoms with Crippen LogP contribution >= 0.6 is 0 Å². The van der Waals surface area contributed by atoms with Gasteiger partial charge < -0.3 is 14.4 Å². The number of hydrogen-bond donors (Lipinski definition) is 1. The third kappa shape index (κ3) is 3.56. The Kier molecular flexibility index (Phi) is 4.78. The number of nitrogens with zero attached hydrogens (tertiary/aromatic N) is 2. The first-order valence-electron chi connectivity index (χ1n) is 6.97. The summed E-state index contributed by atoms with van der Waals surface area (Å²) in [7, 11) is 0. The van der Waals surface area contributed by atoms with Crippen LogP contribution in [0.2, 0.25) is 0 Å². The van der Waals surface area contributed by atoms with Crippen LogP contribution in [0.1, 0.15) is 38.3 Å². The van der Waals surface area contributed by atoms with Crippen molar-refractivity contribution in [3.8, 4) is 0 Å². The van der Waals surface area contributed by atoms with E-state index in [4.69, 9.17) is 9.52 Å². The van der Waals surface area contributed by atoms with Gasteiger partial charge in [0.1, 0.15) is 6.26 Å². The van der Waals surface area contributed by atoms with Crippen LogP contribution in [0.25, 0.3) is 0 Å². The van der Waals surface area contributed by atoms with Gasteiger partial charge in [-0.3, -0.25) is 0 Å². The largest absolute Gasteiger partial charge is 0.449 e. The zero-order valence-electron chi connectivity index (χ0n) is 11.4. The summed E-state index contributed by atoms with van der Waals surface area (Å²) in [6, 6.07) is 0.656. The Morgan fingerprint density at radius 1 is 1.44 bits per heavy atom. The molecule has 0 amide bonds. The van der Waals surface area contributed by atoms with Gasteiger partial charge in [0.2, 0.25) is 0 Å². The molecule has 1 aromatic heterocycles. The predicted octanol–water partition coefficient (Wildman–Crippen LogP) is 1.87. The minimum atomic E-state index is 0.138. The molecule has 2 heterocycles. The highest BCUT2D eigenvalue weighted by atomic mass is 16.3. The summed E-state index contributed by atoms with van der Waals surface area (Å²) >= 11 is 0. The molecule has 0 unspecified atom stereocenters. The maximum Gasteiger partial charge on any atom is 0.194 e. The summed E-state index contributed by atoms with van der Waals surface area (Å²) in [5, 5.41) is 8.84. The van der Waals surface area contributed by atoms with E-state index in [2.05, 4.69) is 23.7 Å². The van der Waals surface area contributed by atoms with Gasteiger partial charge in [0.15, 0.2) is 5.89 Å². The van der Waals surface area contributed by atoms with E-state index >= 15 is 0 Å². The lowest BCUT2D eigenvalue weighted by Crippen LogP contribution is -2.38. The van der Waals surface area contributed by atoms with Crippen molar-refractivity contribution < 1.29 is 9.52 Å². The zero-order chi connectivity index (χ0) is 13.0. The second kappa shape index (κ2) is 6.34. The molecule has 1 N–H and O–H groups in total. The number of piperidine rings is 1. The fraction of sp³-hybridized carbons (Fsp3) is 0.786. The smallest absolute Gasteiger partial charge is 0.194 e. The molecule has 4 heteroatoms. The van der Waals surface area contributed by atoms with Gasteiger partial charge in [-0.05, 0) is 45.7 Å². The van der Waals surface area contributed by atoms with Gasteiger partial charge in [-0.2, -0.15) is 0 Å². The number of likely N-dealkylation sites (tertiary alicyclic amines) is 1. The predicted molar refractivity (Wildman–Crippen MR) is 70.4 cm³/mol. The van der Waals surface area contributed by atoms with Gasteiger partial charge in [-0.15, -0.1) is 0 Å². The van der Waals surface area contributed by atoms with E-state index in [1.807, 2.05) is 0 Å². The average molecular weight is 252 g/mol. The van der Waals surface area contributed by atoms with Crippen molar-refractivity contribution in [2.24, 2.45) is 5.92 Å². The highest BCUT2D eigenvalue weighted by Crippen LogP contribution is 2.22. The summed E-state index contributed by atoms with van der Waals surface area (Å²) < 4.78 is 5.46. The number of aliphatic hydroxyl groups excluding tert-OH is 1. The molecule has 0 aliphatic carbocycles. The van der Waals surface area contributed by atoms with Gasteiger partial charge in [-0.25, -0.2) is 4.98 Å². The Hall–Kier alpha value is -0.870. The average Bonchev–Trinajstić information content (AvgIpc) is 2.78. The van der Waals surface area contributed by atoms with E-state index in [1.54, 1.807) is 6.26 Å². The van der Waals surface area contributed by atoms with Crippen molar-refractivity contribution in [1.29, 1.82) is 0 Å². The van der Waals surface area contributed by atoms with Crippen LogP contribution in [-0.4, -0.2) is 40.7 Å². The van der Waals surface area contributed by atoms with E-state index in [9.17, 15) is 0 Å². The van der Waals surface area contributed by atoms with E-state index < -0.39 is 0 Å². The third-order valence-corrected chi connectivity index (χ3v) is 3.81. The highest BCUT2D eigenvalue weighted by molar-refractivity contribution is 4.97. The summed E-state index contributed by atoms with van der Waals surface area (Å²) in [6.07, 6.45) is 5.67. The molecule has 0 aromatic carbocycles. The Bertz CT molecular complexity index is 354. The van der Waals surface area contributed by atoms with Crippen molar-refractivity contribution in [1.82, 2.24) is 9.88 Å². The lowest BCUT2D eigenvalue weighted by molar-refractivity contribution is 0.146. The highest BCUT2D eigenvalue weighted by Gasteiger charge is 2.22. The minimum Gasteiger partial charge on any atom is -0.449 e. The lowest BCUT2D eigenvalue weighted by Gasteiger charge is -2.34. The molecule has 1 fully saturated rings. The number of aromatic nitrogens is 1. The van der Waals surface area contributed by atoms with E-state index in [1.165, 1.54) is 25.9 Å². The number of hydrogen-bond acceptors (Lipinski definition) is 4. The molecule has 4 nitrogen and oxygen atoms in total. The van der Waals surface area contributed by atoms with Crippen LogP contribution in [-0.2, 0) is 12.8 Å². The summed E-state index contributed by atoms with van der Waals surface area (Å²) in [6.45, 7) is 7.03. The van der Waals surface area contributed by atoms with Crippen molar-refractivity contribution in [2.45, 2.75) is 45.6 Å². The Labute approximate surface area is 109 Å². The van der Waals surface area contributed by atoms with Crippen LogP contribution in [0.5, 0.6) is 0 Å². The zero-order valence-corrected chi connectivity index (χ0v) is 11.4. The molecule has 0 bridgehead atoms. The molecule has 0 spiro atoms. The van der Waals surface area contributed by atoms with Crippen LogP contribution in [0, 0.1) is 5.92 Å². The van der Waals surface area contributed by atoms with Crippen molar-refractivity contribution in [3.05, 3.63) is 17.8 Å². The van der Waals surface area contributed by atoms with Crippen molar-refractivity contribution in [2.75, 3.05) is 19.7 Å². The van der Waals surface area contributed by atoms with Gasteiger partial charge in [-0.1, -0.05) is 0 Å². The third-order valence-electron chi connectivity index (χ3n) is 3.81. The van der Waals surface area contributed by atoms with Crippen LogP contribution < -0.4 is 0 Å². The summed E-state index contributed by atoms with van der Waals surface area (Å²) in [5.74, 6) is 1.53. The molecule has 1 aromatic rings. The number of rotatable bonds is 5. The first kappa shape index (κ1) is 13.6. The topological polar surface area (TPSA) is 49.5 Å². The number of oxazole rings is 1. The molecule has 1 saturated heterocycles. The SMILES string of the molecule is CC(C)N1CCC(Cc2nc(CCO)co2)CC1. The minimum absolute atomic E-state index is 0.138. The standard InChI is InChI=1S/C14H24N2O2/c1-11(2)16-6-3-12(4-7-16)9-14-15-13(5-8-17)10-18-14/h10-12,17H,3-9H2,1-2H3. The van der Waals surface area contributed by atoms with Crippen molar-refractivity contribution in [3.63, 3.8) is 0 Å². The monoisotopic (exact) mass is 252 g/mol. The molecular formula is C14H24N2O2. The first-order valence-corrected chi connectivity index (χ1v) is 6.97. The van der Waals surface area contributed by atoms with E-state index in [0.29, 0.717) is 18.4 Å². The fourth-order valence-corrected chi connectivity index (χ4v) is 2.59. The molecule has 102 valence electrons. The Morgan fingerprint density at radius 3 is 2.78 bits per heavy atom. The maximum atomic E-state index is 8.84. The van der Waals surface area contributed by atoms with Crippen LogP contribution in [0.15, 0.2) is 10.7 Å². The quantitative estimate of drug-likeness (QED) is 0.869. The van der Waals surface area contributed by atoms with E-state index in [-0.39, 0.29) is 6.61 Å². The summed E-state index contributed by atoms with van der Waals surface area (Å²) in [4.78, 5) is 6.94. The Morgan fingerprint density at radius 2 is 2.17 bits per heavy atom. The molecule has 1 aliphatic rings. The lowest BCUT2D eigenvalue weighted by atomic mass is 9.93. The normalized spacial score (nSPS) is 18.7. The second-order valence-corrected chi connectivity index (χ2v) is 5.48. The maximum absolute atomic E-state index is 8.84. The molecule has 0 saturated carbocycles. The molecule has 0 atom stereocenters. The number of aliphatic hydroxyl groups is 1. The summed E-state index contributed by atoms with van der Waals surface area (Å²) in [5.41, 5.74) is 0.868. The molecular weight excluding hydrogens is 228 g/mol. The molecule has 1 aliphatic heterocycles. The fourth-order valence-electron chi connectivity index (χ4n) is 2.59. The molecule has 18 heavy (non-hydrogen) atoms. The van der Waals surface area contributed by atoms with Gasteiger partial charge in [0.05, 0.1) is 5.69 Å². The van der Waals surface area contributed by atoms with Gasteiger partial charge >= 0.3 is 0 Å². The van der Waals surface area contributed by atoms with E-state index in [0.717, 1.165) is 18.0 Å². The molecule has 2 rings (SSSR count).